The number of fused-ring (bicyclic) bond motifs is 5. The third kappa shape index (κ3) is 4.02. The van der Waals surface area contributed by atoms with E-state index in [1.807, 2.05) is 17.1 Å². The zero-order valence-electron chi connectivity index (χ0n) is 23.2. The van der Waals surface area contributed by atoms with Crippen molar-refractivity contribution in [2.75, 3.05) is 0 Å². The average molecular weight is 489 g/mol. The molecule has 196 valence electrons. The Morgan fingerprint density at radius 1 is 1.14 bits per heavy atom. The number of hydrogen-bond acceptors (Lipinski definition) is 2. The van der Waals surface area contributed by atoms with Gasteiger partial charge in [0.05, 0.1) is 23.9 Å². The van der Waals surface area contributed by atoms with Crippen molar-refractivity contribution in [3.8, 4) is 11.8 Å². The van der Waals surface area contributed by atoms with Crippen LogP contribution in [0.5, 0.6) is 0 Å². The quantitative estimate of drug-likeness (QED) is 0.459. The Morgan fingerprint density at radius 2 is 1.92 bits per heavy atom. The maximum Gasteiger partial charge on any atom is 0.0848 e. The van der Waals surface area contributed by atoms with Crippen LogP contribution in [0.25, 0.3) is 0 Å². The Labute approximate surface area is 219 Å². The van der Waals surface area contributed by atoms with Crippen LogP contribution in [0.3, 0.4) is 0 Å². The zero-order chi connectivity index (χ0) is 25.3. The fraction of sp³-hybridized carbons (Fsp3) is 0.788. The second kappa shape index (κ2) is 8.76. The van der Waals surface area contributed by atoms with Crippen LogP contribution in [-0.4, -0.2) is 20.5 Å². The van der Waals surface area contributed by atoms with Crippen LogP contribution >= 0.6 is 0 Å². The maximum absolute atomic E-state index is 12.1. The van der Waals surface area contributed by atoms with Crippen LogP contribution in [-0.2, 0) is 6.54 Å². The molecule has 2 unspecified atom stereocenters. The summed E-state index contributed by atoms with van der Waals surface area (Å²) in [7, 11) is 0. The topological polar surface area (TPSA) is 38.0 Å². The minimum absolute atomic E-state index is 0.242. The molecule has 0 bridgehead atoms. The molecule has 0 spiro atoms. The third-order valence-corrected chi connectivity index (χ3v) is 12.2. The summed E-state index contributed by atoms with van der Waals surface area (Å²) in [5.41, 5.74) is 0.954. The van der Waals surface area contributed by atoms with Crippen molar-refractivity contribution in [2.24, 2.45) is 58.2 Å². The molecule has 1 aromatic heterocycles. The van der Waals surface area contributed by atoms with E-state index in [-0.39, 0.29) is 5.41 Å². The van der Waals surface area contributed by atoms with Gasteiger partial charge in [-0.1, -0.05) is 45.6 Å². The summed E-state index contributed by atoms with van der Waals surface area (Å²) in [4.78, 5) is 0. The molecule has 6 rings (SSSR count). The molecule has 5 fully saturated rings. The lowest BCUT2D eigenvalue weighted by Gasteiger charge is -2.61. The summed E-state index contributed by atoms with van der Waals surface area (Å²) in [5, 5.41) is 16.7. The van der Waals surface area contributed by atoms with Crippen LogP contribution < -0.4 is 0 Å². The zero-order valence-corrected chi connectivity index (χ0v) is 23.2. The summed E-state index contributed by atoms with van der Waals surface area (Å²) < 4.78 is 1.93. The van der Waals surface area contributed by atoms with Gasteiger partial charge in [-0.15, -0.1) is 0 Å². The number of nitrogens with zero attached hydrogens (tertiary/aromatic N) is 2. The fourth-order valence-electron chi connectivity index (χ4n) is 10.8. The van der Waals surface area contributed by atoms with E-state index in [1.54, 1.807) is 6.08 Å². The van der Waals surface area contributed by atoms with Gasteiger partial charge in [0.25, 0.3) is 0 Å². The molecule has 0 radical (unpaired) electrons. The standard InChI is InChI=1S/C33H48N2O/c1-6-7-8-23-19-34-35(20-23)21-33(5,36)29-17-27(24-10-11-24)30-26-13-15-31(3)18-22(2)9-12-28(31)25(26)14-16-32(29,30)4/h6,19-20,22,24-30,36H,1,9-18,21H2,2-5H3/t22-,25?,26+,27-,28+,29-,30?,31+,32+,33-/m0/s1. The van der Waals surface area contributed by atoms with E-state index >= 15 is 0 Å². The Hall–Kier alpha value is -1.53. The van der Waals surface area contributed by atoms with Crippen molar-refractivity contribution in [1.82, 2.24) is 9.78 Å². The summed E-state index contributed by atoms with van der Waals surface area (Å²) >= 11 is 0. The summed E-state index contributed by atoms with van der Waals surface area (Å²) in [6.45, 7) is 14.1. The highest BCUT2D eigenvalue weighted by Crippen LogP contribution is 2.71. The van der Waals surface area contributed by atoms with Crippen molar-refractivity contribution in [2.45, 2.75) is 104 Å². The van der Waals surface area contributed by atoms with Crippen LogP contribution in [0.4, 0.5) is 0 Å². The summed E-state index contributed by atoms with van der Waals surface area (Å²) in [6.07, 6.45) is 19.4. The normalized spacial score (nSPS) is 45.4. The van der Waals surface area contributed by atoms with Gasteiger partial charge in [-0.3, -0.25) is 4.68 Å². The first-order valence-electron chi connectivity index (χ1n) is 15.0. The highest BCUT2D eigenvalue weighted by Gasteiger charge is 2.66. The number of allylic oxidation sites excluding steroid dienone is 1. The van der Waals surface area contributed by atoms with E-state index in [4.69, 9.17) is 0 Å². The van der Waals surface area contributed by atoms with E-state index in [2.05, 4.69) is 51.2 Å². The molecule has 5 saturated carbocycles. The molecule has 10 atom stereocenters. The summed E-state index contributed by atoms with van der Waals surface area (Å²) in [6, 6.07) is 0. The van der Waals surface area contributed by atoms with Gasteiger partial charge >= 0.3 is 0 Å². The van der Waals surface area contributed by atoms with E-state index in [1.165, 1.54) is 64.2 Å². The maximum atomic E-state index is 12.1. The molecule has 0 aliphatic heterocycles. The molecule has 0 saturated heterocycles. The molecule has 5 aliphatic carbocycles. The minimum Gasteiger partial charge on any atom is -0.388 e. The second-order valence-electron chi connectivity index (χ2n) is 14.6. The van der Waals surface area contributed by atoms with Crippen LogP contribution in [0.15, 0.2) is 25.0 Å². The number of hydrogen-bond donors (Lipinski definition) is 1. The van der Waals surface area contributed by atoms with Crippen molar-refractivity contribution < 1.29 is 5.11 Å². The van der Waals surface area contributed by atoms with Crippen LogP contribution in [0.2, 0.25) is 0 Å². The molecule has 0 amide bonds. The smallest absolute Gasteiger partial charge is 0.0848 e. The van der Waals surface area contributed by atoms with Gasteiger partial charge in [0.2, 0.25) is 0 Å². The number of aromatic nitrogens is 2. The number of aliphatic hydroxyl groups is 1. The molecule has 1 heterocycles. The molecule has 36 heavy (non-hydrogen) atoms. The third-order valence-electron chi connectivity index (χ3n) is 12.2. The summed E-state index contributed by atoms with van der Waals surface area (Å²) in [5.74, 6) is 12.5. The van der Waals surface area contributed by atoms with Crippen molar-refractivity contribution in [3.05, 3.63) is 30.6 Å². The first-order chi connectivity index (χ1) is 17.1. The largest absolute Gasteiger partial charge is 0.388 e. The Balaban J connectivity index is 1.27. The van der Waals surface area contributed by atoms with Gasteiger partial charge in [0.1, 0.15) is 0 Å². The highest BCUT2D eigenvalue weighted by atomic mass is 16.3. The van der Waals surface area contributed by atoms with Crippen molar-refractivity contribution >= 4 is 0 Å². The highest BCUT2D eigenvalue weighted by molar-refractivity contribution is 5.32. The lowest BCUT2D eigenvalue weighted by molar-refractivity contribution is -0.136. The second-order valence-corrected chi connectivity index (χ2v) is 14.6. The SMILES string of the molecule is C=CC#Cc1cnn(C[C@](C)(O)[C@H]2C[C@@H](C3CC3)C3[C@@H]4CC[C@]5(C)C[C@@H](C)CC[C@@H]5C4CC[C@@]32C)c1. The molecule has 5 aliphatic rings. The molecule has 3 heteroatoms. The van der Waals surface area contributed by atoms with E-state index < -0.39 is 5.60 Å². The molecule has 0 aromatic carbocycles. The van der Waals surface area contributed by atoms with Crippen molar-refractivity contribution in [3.63, 3.8) is 0 Å². The van der Waals surface area contributed by atoms with Gasteiger partial charge < -0.3 is 5.11 Å². The Kier molecular flexibility index (Phi) is 6.03. The van der Waals surface area contributed by atoms with E-state index in [9.17, 15) is 5.11 Å². The monoisotopic (exact) mass is 488 g/mol. The molecular weight excluding hydrogens is 440 g/mol. The minimum atomic E-state index is -0.762. The predicted octanol–water partition coefficient (Wildman–Crippen LogP) is 7.10. The molecule has 1 aromatic rings. The Bertz CT molecular complexity index is 1060. The van der Waals surface area contributed by atoms with E-state index in [0.29, 0.717) is 17.9 Å². The van der Waals surface area contributed by atoms with E-state index in [0.717, 1.165) is 47.0 Å². The van der Waals surface area contributed by atoms with Gasteiger partial charge in [0, 0.05) is 6.20 Å². The van der Waals surface area contributed by atoms with Gasteiger partial charge in [0.15, 0.2) is 0 Å². The molecular formula is C33H48N2O. The molecule has 3 nitrogen and oxygen atoms in total. The number of rotatable bonds is 4. The van der Waals surface area contributed by atoms with Gasteiger partial charge in [-0.05, 0) is 129 Å². The fourth-order valence-corrected chi connectivity index (χ4v) is 10.8. The van der Waals surface area contributed by atoms with Crippen LogP contribution in [0.1, 0.15) is 97.5 Å². The first kappa shape index (κ1) is 24.8. The Morgan fingerprint density at radius 3 is 2.67 bits per heavy atom. The average Bonchev–Trinajstić information content (AvgIpc) is 3.48. The van der Waals surface area contributed by atoms with Crippen LogP contribution in [0, 0.1) is 70.0 Å². The molecule has 1 N–H and O–H groups in total. The van der Waals surface area contributed by atoms with Gasteiger partial charge in [-0.2, -0.15) is 5.10 Å². The first-order valence-corrected chi connectivity index (χ1v) is 15.0. The van der Waals surface area contributed by atoms with Gasteiger partial charge in [-0.25, -0.2) is 0 Å². The predicted molar refractivity (Wildman–Crippen MR) is 146 cm³/mol. The lowest BCUT2D eigenvalue weighted by Crippen LogP contribution is -2.55. The lowest BCUT2D eigenvalue weighted by atomic mass is 9.44. The van der Waals surface area contributed by atoms with Crippen molar-refractivity contribution in [1.29, 1.82) is 0 Å².